The first-order chi connectivity index (χ1) is 5.70. The van der Waals surface area contributed by atoms with Crippen LogP contribution in [0.2, 0.25) is 0 Å². The zero-order chi connectivity index (χ0) is 8.97. The van der Waals surface area contributed by atoms with E-state index in [1.165, 1.54) is 12.1 Å². The van der Waals surface area contributed by atoms with Crippen molar-refractivity contribution >= 4 is 13.3 Å². The Labute approximate surface area is 99.5 Å². The molecule has 64 valence electrons. The molecular weight excluding hydrogens is 182 g/mol. The van der Waals surface area contributed by atoms with Gasteiger partial charge in [-0.1, -0.05) is 18.2 Å². The zero-order valence-corrected chi connectivity index (χ0v) is 9.18. The number of rotatable bonds is 2. The smallest absolute Gasteiger partial charge is 1.00 e. The molecule has 1 aromatic carbocycles. The first kappa shape index (κ1) is 12.7. The molecule has 0 amide bonds. The number of carbonyl (C=O) groups is 1. The summed E-state index contributed by atoms with van der Waals surface area (Å²) in [4.78, 5) is 10.9. The average molecular weight is 190 g/mol. The van der Waals surface area contributed by atoms with Crippen LogP contribution in [0.5, 0.6) is 0 Å². The third-order valence-electron chi connectivity index (χ3n) is 1.22. The van der Waals surface area contributed by atoms with Gasteiger partial charge in [0.1, 0.15) is 0 Å². The molecule has 0 unspecified atom stereocenters. The van der Waals surface area contributed by atoms with Crippen LogP contribution in [0.25, 0.3) is 0 Å². The molecule has 0 saturated carbocycles. The monoisotopic (exact) mass is 190 g/mol. The Morgan fingerprint density at radius 2 is 1.85 bits per heavy atom. The molecular formula is C7H8BNaO4. The van der Waals surface area contributed by atoms with Crippen LogP contribution in [0, 0.1) is 0 Å². The number of benzene rings is 1. The molecule has 0 aliphatic rings. The van der Waals surface area contributed by atoms with E-state index < -0.39 is 13.3 Å². The van der Waals surface area contributed by atoms with E-state index in [1.54, 1.807) is 18.2 Å². The third-order valence-corrected chi connectivity index (χ3v) is 1.22. The first-order valence-electron chi connectivity index (χ1n) is 3.32. The topological polar surface area (TPSA) is 66.8 Å². The minimum absolute atomic E-state index is 0. The fraction of sp³-hybridized carbons (Fsp3) is 0. The second-order valence-corrected chi connectivity index (χ2v) is 2.10. The Balaban J connectivity index is 0. The molecule has 1 rings (SSSR count). The first-order valence-corrected chi connectivity index (χ1v) is 3.32. The minimum atomic E-state index is -2.06. The predicted octanol–water partition coefficient (Wildman–Crippen LogP) is -3.07. The van der Waals surface area contributed by atoms with Gasteiger partial charge in [0.05, 0.1) is 5.56 Å². The third kappa shape index (κ3) is 4.45. The van der Waals surface area contributed by atoms with E-state index in [1.807, 2.05) is 0 Å². The quantitative estimate of drug-likeness (QED) is 0.485. The maximum atomic E-state index is 10.9. The molecule has 0 bridgehead atoms. The Hall–Kier alpha value is -0.325. The molecule has 2 N–H and O–H groups in total. The summed E-state index contributed by atoms with van der Waals surface area (Å²) in [5.41, 5.74) is 0.283. The standard InChI is InChI=1S/C7H7BO4.Na.H/c9-7(12-8(10)11)6-4-2-1-3-5-6;;/h1-5,10-11H;;/q;+1;-1. The molecule has 0 heterocycles. The maximum absolute atomic E-state index is 10.9. The van der Waals surface area contributed by atoms with Gasteiger partial charge in [0.25, 0.3) is 0 Å². The number of carbonyl (C=O) groups excluding carboxylic acids is 1. The minimum Gasteiger partial charge on any atom is -1.00 e. The Morgan fingerprint density at radius 3 is 2.31 bits per heavy atom. The zero-order valence-electron chi connectivity index (χ0n) is 8.18. The summed E-state index contributed by atoms with van der Waals surface area (Å²) in [7, 11) is -2.06. The van der Waals surface area contributed by atoms with Crippen LogP contribution in [0.4, 0.5) is 0 Å². The molecule has 0 aliphatic carbocycles. The van der Waals surface area contributed by atoms with Crippen LogP contribution in [0.15, 0.2) is 30.3 Å². The Morgan fingerprint density at radius 1 is 1.31 bits per heavy atom. The van der Waals surface area contributed by atoms with Crippen LogP contribution in [-0.2, 0) is 4.65 Å². The maximum Gasteiger partial charge on any atom is 1.00 e. The van der Waals surface area contributed by atoms with E-state index in [-0.39, 0.29) is 36.5 Å². The van der Waals surface area contributed by atoms with Crippen molar-refractivity contribution in [3.8, 4) is 0 Å². The molecule has 0 spiro atoms. The molecule has 4 nitrogen and oxygen atoms in total. The predicted molar refractivity (Wildman–Crippen MR) is 43.2 cm³/mol. The van der Waals surface area contributed by atoms with Crippen molar-refractivity contribution in [2.75, 3.05) is 0 Å². The van der Waals surface area contributed by atoms with E-state index >= 15 is 0 Å². The van der Waals surface area contributed by atoms with Crippen molar-refractivity contribution in [3.63, 3.8) is 0 Å². The van der Waals surface area contributed by atoms with Crippen molar-refractivity contribution in [2.45, 2.75) is 0 Å². The molecule has 0 fully saturated rings. The van der Waals surface area contributed by atoms with Crippen LogP contribution in [0.1, 0.15) is 11.8 Å². The van der Waals surface area contributed by atoms with E-state index in [2.05, 4.69) is 4.65 Å². The van der Waals surface area contributed by atoms with Crippen LogP contribution >= 0.6 is 0 Å². The molecule has 0 saturated heterocycles. The van der Waals surface area contributed by atoms with Crippen LogP contribution in [0.3, 0.4) is 0 Å². The summed E-state index contributed by atoms with van der Waals surface area (Å²) < 4.78 is 4.11. The van der Waals surface area contributed by atoms with Gasteiger partial charge in [-0.15, -0.1) is 0 Å². The van der Waals surface area contributed by atoms with Crippen molar-refractivity contribution in [2.24, 2.45) is 0 Å². The summed E-state index contributed by atoms with van der Waals surface area (Å²) >= 11 is 0. The summed E-state index contributed by atoms with van der Waals surface area (Å²) in [6, 6.07) is 8.09. The molecule has 6 heteroatoms. The van der Waals surface area contributed by atoms with E-state index in [4.69, 9.17) is 10.0 Å². The molecule has 0 radical (unpaired) electrons. The number of hydrogen-bond donors (Lipinski definition) is 2. The van der Waals surface area contributed by atoms with Gasteiger partial charge in [0.15, 0.2) is 0 Å². The average Bonchev–Trinajstić information content (AvgIpc) is 2.05. The summed E-state index contributed by atoms with van der Waals surface area (Å²) in [5.74, 6) is -0.759. The van der Waals surface area contributed by atoms with Gasteiger partial charge >= 0.3 is 42.8 Å². The van der Waals surface area contributed by atoms with Crippen molar-refractivity contribution in [1.82, 2.24) is 0 Å². The summed E-state index contributed by atoms with van der Waals surface area (Å²) in [6.07, 6.45) is 0. The largest absolute Gasteiger partial charge is 1.00 e. The van der Waals surface area contributed by atoms with Crippen molar-refractivity contribution in [1.29, 1.82) is 0 Å². The second kappa shape index (κ2) is 6.18. The van der Waals surface area contributed by atoms with Gasteiger partial charge in [-0.2, -0.15) is 0 Å². The summed E-state index contributed by atoms with van der Waals surface area (Å²) in [6.45, 7) is 0. The Bertz CT molecular complexity index is 270. The van der Waals surface area contributed by atoms with E-state index in [9.17, 15) is 4.79 Å². The van der Waals surface area contributed by atoms with Crippen LogP contribution in [-0.4, -0.2) is 23.3 Å². The van der Waals surface area contributed by atoms with Crippen molar-refractivity contribution < 1.29 is 50.5 Å². The summed E-state index contributed by atoms with van der Waals surface area (Å²) in [5, 5.41) is 16.6. The molecule has 1 aromatic rings. The van der Waals surface area contributed by atoms with Crippen LogP contribution < -0.4 is 29.6 Å². The van der Waals surface area contributed by atoms with Gasteiger partial charge in [-0.3, -0.25) is 0 Å². The fourth-order valence-corrected chi connectivity index (χ4v) is 0.738. The molecule has 13 heavy (non-hydrogen) atoms. The number of hydrogen-bond acceptors (Lipinski definition) is 4. The van der Waals surface area contributed by atoms with Gasteiger partial charge in [-0.25, -0.2) is 4.79 Å². The Kier molecular flexibility index (Phi) is 6.02. The van der Waals surface area contributed by atoms with E-state index in [0.29, 0.717) is 0 Å². The van der Waals surface area contributed by atoms with Gasteiger partial charge < -0.3 is 16.1 Å². The normalized spacial score (nSPS) is 8.46. The van der Waals surface area contributed by atoms with E-state index in [0.717, 1.165) is 0 Å². The fourth-order valence-electron chi connectivity index (χ4n) is 0.738. The molecule has 0 aliphatic heterocycles. The van der Waals surface area contributed by atoms with Gasteiger partial charge in [0.2, 0.25) is 0 Å². The second-order valence-electron chi connectivity index (χ2n) is 2.10. The molecule has 0 aromatic heterocycles. The van der Waals surface area contributed by atoms with Crippen molar-refractivity contribution in [3.05, 3.63) is 35.9 Å². The van der Waals surface area contributed by atoms with Gasteiger partial charge in [-0.05, 0) is 12.1 Å². The van der Waals surface area contributed by atoms with Gasteiger partial charge in [0, 0.05) is 0 Å². The molecule has 0 atom stereocenters. The SMILES string of the molecule is O=C(OB(O)O)c1ccccc1.[H-].[Na+].